The Balaban J connectivity index is 1.80. The van der Waals surface area contributed by atoms with Crippen molar-refractivity contribution in [3.05, 3.63) is 41.6 Å². The molecule has 0 spiro atoms. The highest BCUT2D eigenvalue weighted by atomic mass is 32.2. The van der Waals surface area contributed by atoms with E-state index < -0.39 is 25.8 Å². The van der Waals surface area contributed by atoms with E-state index in [0.717, 1.165) is 19.1 Å². The van der Waals surface area contributed by atoms with E-state index in [2.05, 4.69) is 10.2 Å². The first-order valence-corrected chi connectivity index (χ1v) is 14.7. The topological polar surface area (TPSA) is 136 Å². The Hall–Kier alpha value is -2.73. The minimum atomic E-state index is -3.72. The van der Waals surface area contributed by atoms with Gasteiger partial charge in [-0.2, -0.15) is 0 Å². The van der Waals surface area contributed by atoms with Crippen LogP contribution in [0.5, 0.6) is 5.75 Å². The van der Waals surface area contributed by atoms with E-state index in [1.165, 1.54) is 12.1 Å². The molecule has 1 aromatic heterocycles. The second kappa shape index (κ2) is 10.7. The third kappa shape index (κ3) is 7.13. The first-order chi connectivity index (χ1) is 16.0. The Labute approximate surface area is 200 Å². The number of sulfone groups is 1. The molecular weight excluding hydrogens is 480 g/mol. The third-order valence-corrected chi connectivity index (χ3v) is 7.85. The van der Waals surface area contributed by atoms with Crippen LogP contribution in [0.3, 0.4) is 0 Å². The van der Waals surface area contributed by atoms with Gasteiger partial charge in [-0.15, -0.1) is 10.2 Å². The van der Waals surface area contributed by atoms with Gasteiger partial charge in [-0.05, 0) is 62.4 Å². The van der Waals surface area contributed by atoms with Crippen molar-refractivity contribution in [3.8, 4) is 5.75 Å². The van der Waals surface area contributed by atoms with E-state index in [0.29, 0.717) is 49.2 Å². The number of nitrogens with one attached hydrogen (secondary N) is 1. The quantitative estimate of drug-likeness (QED) is 0.455. The van der Waals surface area contributed by atoms with Crippen LogP contribution in [-0.2, 0) is 26.4 Å². The number of benzene rings is 1. The van der Waals surface area contributed by atoms with Crippen molar-refractivity contribution >= 4 is 31.6 Å². The summed E-state index contributed by atoms with van der Waals surface area (Å²) in [7, 11) is -7.12. The van der Waals surface area contributed by atoms with E-state index in [1.54, 1.807) is 25.1 Å². The first kappa shape index (κ1) is 25.9. The summed E-state index contributed by atoms with van der Waals surface area (Å²) >= 11 is 0. The molecule has 1 fully saturated rings. The minimum Gasteiger partial charge on any atom is -0.493 e. The summed E-state index contributed by atoms with van der Waals surface area (Å²) in [6.45, 7) is 5.03. The van der Waals surface area contributed by atoms with Crippen molar-refractivity contribution in [2.45, 2.75) is 44.6 Å². The van der Waals surface area contributed by atoms with Crippen LogP contribution in [0.15, 0.2) is 35.2 Å². The van der Waals surface area contributed by atoms with Crippen molar-refractivity contribution in [3.63, 3.8) is 0 Å². The fraction of sp³-hybridized carbons (Fsp3) is 0.500. The number of anilines is 1. The number of carbonyl (C=O) groups is 1. The van der Waals surface area contributed by atoms with Gasteiger partial charge < -0.3 is 9.64 Å². The smallest absolute Gasteiger partial charge is 0.285 e. The van der Waals surface area contributed by atoms with Gasteiger partial charge in [-0.25, -0.2) is 21.6 Å². The van der Waals surface area contributed by atoms with Crippen molar-refractivity contribution in [1.29, 1.82) is 0 Å². The normalized spacial score (nSPS) is 14.0. The Morgan fingerprint density at radius 2 is 1.85 bits per heavy atom. The summed E-state index contributed by atoms with van der Waals surface area (Å²) in [4.78, 5) is 14.3. The maximum absolute atomic E-state index is 12.2. The molecule has 0 unspecified atom stereocenters. The largest absolute Gasteiger partial charge is 0.493 e. The van der Waals surface area contributed by atoms with Crippen LogP contribution in [0, 0.1) is 5.92 Å². The second-order valence-corrected chi connectivity index (χ2v) is 12.2. The highest BCUT2D eigenvalue weighted by Gasteiger charge is 2.23. The average Bonchev–Trinajstić information content (AvgIpc) is 3.60. The molecule has 0 bridgehead atoms. The van der Waals surface area contributed by atoms with Crippen molar-refractivity contribution < 1.29 is 26.4 Å². The van der Waals surface area contributed by atoms with Gasteiger partial charge in [0, 0.05) is 24.9 Å². The monoisotopic (exact) mass is 510 g/mol. The molecule has 34 heavy (non-hydrogen) atoms. The molecule has 1 aliphatic carbocycles. The van der Waals surface area contributed by atoms with Crippen LogP contribution in [0.1, 0.15) is 49.2 Å². The van der Waals surface area contributed by atoms with Crippen LogP contribution >= 0.6 is 0 Å². The predicted molar refractivity (Wildman–Crippen MR) is 128 cm³/mol. The number of sulfonamides is 1. The second-order valence-electron chi connectivity index (χ2n) is 8.34. The third-order valence-electron chi connectivity index (χ3n) is 5.30. The van der Waals surface area contributed by atoms with Gasteiger partial charge in [0.05, 0.1) is 17.3 Å². The number of nitrogens with zero attached hydrogens (tertiary/aromatic N) is 3. The van der Waals surface area contributed by atoms with Crippen LogP contribution in [-0.4, -0.2) is 58.1 Å². The van der Waals surface area contributed by atoms with E-state index in [-0.39, 0.29) is 16.3 Å². The Kier molecular flexibility index (Phi) is 8.13. The number of hydrogen-bond acceptors (Lipinski definition) is 9. The molecule has 1 amide bonds. The van der Waals surface area contributed by atoms with Gasteiger partial charge in [-0.3, -0.25) is 4.79 Å². The summed E-state index contributed by atoms with van der Waals surface area (Å²) in [5.41, 5.74) is 0.576. The van der Waals surface area contributed by atoms with E-state index in [9.17, 15) is 21.6 Å². The van der Waals surface area contributed by atoms with Crippen LogP contribution in [0.25, 0.3) is 0 Å². The van der Waals surface area contributed by atoms with Gasteiger partial charge in [0.25, 0.3) is 5.91 Å². The molecular formula is C22H30N4O6S2. The van der Waals surface area contributed by atoms with Crippen LogP contribution < -0.4 is 14.4 Å². The molecule has 3 rings (SSSR count). The van der Waals surface area contributed by atoms with E-state index in [1.807, 2.05) is 16.5 Å². The van der Waals surface area contributed by atoms with Crippen molar-refractivity contribution in [2.75, 3.05) is 30.1 Å². The standard InChI is InChI=1S/C22H30N4O6S2/c1-4-12-34(30,31)25-22(27)19-9-11-21(24-23-19)26(5-2)14-17-13-18(33(3,28)29)8-10-20(17)32-15-16-6-7-16/h8-11,13,16H,4-7,12,14-15H2,1-3H3,(H,25,27). The minimum absolute atomic E-state index is 0.119. The zero-order valence-corrected chi connectivity index (χ0v) is 21.2. The van der Waals surface area contributed by atoms with E-state index >= 15 is 0 Å². The molecule has 186 valence electrons. The fourth-order valence-corrected chi connectivity index (χ4v) is 4.93. The van der Waals surface area contributed by atoms with Gasteiger partial charge in [-0.1, -0.05) is 6.92 Å². The summed E-state index contributed by atoms with van der Waals surface area (Å²) in [5, 5.41) is 7.97. The maximum Gasteiger partial charge on any atom is 0.285 e. The molecule has 0 radical (unpaired) electrons. The summed E-state index contributed by atoms with van der Waals surface area (Å²) < 4.78 is 55.7. The van der Waals surface area contributed by atoms with Gasteiger partial charge in [0.1, 0.15) is 5.75 Å². The van der Waals surface area contributed by atoms with Crippen LogP contribution in [0.2, 0.25) is 0 Å². The number of carbonyl (C=O) groups excluding carboxylic acids is 1. The van der Waals surface area contributed by atoms with Crippen molar-refractivity contribution in [2.24, 2.45) is 5.92 Å². The Morgan fingerprint density at radius 1 is 1.12 bits per heavy atom. The Morgan fingerprint density at radius 3 is 2.41 bits per heavy atom. The zero-order chi connectivity index (χ0) is 24.9. The fourth-order valence-electron chi connectivity index (χ4n) is 3.23. The maximum atomic E-state index is 12.2. The molecule has 0 atom stereocenters. The first-order valence-electron chi connectivity index (χ1n) is 11.1. The molecule has 0 aliphatic heterocycles. The molecule has 1 saturated carbocycles. The predicted octanol–water partition coefficient (Wildman–Crippen LogP) is 2.17. The number of hydrogen-bond donors (Lipinski definition) is 1. The summed E-state index contributed by atoms with van der Waals surface area (Å²) in [5.74, 6) is 0.602. The number of amides is 1. The lowest BCUT2D eigenvalue weighted by molar-refractivity contribution is 0.0975. The number of rotatable bonds is 12. The highest BCUT2D eigenvalue weighted by molar-refractivity contribution is 7.90. The van der Waals surface area contributed by atoms with Crippen LogP contribution in [0.4, 0.5) is 5.82 Å². The molecule has 12 heteroatoms. The van der Waals surface area contributed by atoms with Gasteiger partial charge in [0.15, 0.2) is 21.3 Å². The molecule has 1 aromatic carbocycles. The summed E-state index contributed by atoms with van der Waals surface area (Å²) in [6.07, 6.45) is 3.80. The molecule has 1 N–H and O–H groups in total. The molecule has 1 aliphatic rings. The molecule has 2 aromatic rings. The molecule has 1 heterocycles. The lowest BCUT2D eigenvalue weighted by Crippen LogP contribution is -2.33. The highest BCUT2D eigenvalue weighted by Crippen LogP contribution is 2.32. The average molecular weight is 511 g/mol. The van der Waals surface area contributed by atoms with Gasteiger partial charge >= 0.3 is 0 Å². The number of ether oxygens (including phenoxy) is 1. The van der Waals surface area contributed by atoms with E-state index in [4.69, 9.17) is 4.74 Å². The van der Waals surface area contributed by atoms with Crippen molar-refractivity contribution in [1.82, 2.24) is 14.9 Å². The lowest BCUT2D eigenvalue weighted by Gasteiger charge is -2.23. The summed E-state index contributed by atoms with van der Waals surface area (Å²) in [6, 6.07) is 7.80. The SMILES string of the molecule is CCCS(=O)(=O)NC(=O)c1ccc(N(CC)Cc2cc(S(C)(=O)=O)ccc2OCC2CC2)nn1. The lowest BCUT2D eigenvalue weighted by atomic mass is 10.2. The molecule has 0 saturated heterocycles. The zero-order valence-electron chi connectivity index (χ0n) is 19.5. The molecule has 10 nitrogen and oxygen atoms in total. The number of aromatic nitrogens is 2. The van der Waals surface area contributed by atoms with Gasteiger partial charge in [0.2, 0.25) is 10.0 Å². The Bertz CT molecular complexity index is 1230.